The van der Waals surface area contributed by atoms with Gasteiger partial charge in [0.15, 0.2) is 0 Å². The van der Waals surface area contributed by atoms with Crippen molar-refractivity contribution < 1.29 is 9.90 Å². The zero-order chi connectivity index (χ0) is 27.9. The number of hydrogen-bond acceptors (Lipinski definition) is 2. The highest BCUT2D eigenvalue weighted by atomic mass is 16.4. The zero-order valence-electron chi connectivity index (χ0n) is 27.4. The Morgan fingerprint density at radius 3 is 0.897 bits per heavy atom. The van der Waals surface area contributed by atoms with Crippen molar-refractivity contribution in [2.45, 2.75) is 213 Å². The van der Waals surface area contributed by atoms with E-state index in [9.17, 15) is 4.79 Å². The van der Waals surface area contributed by atoms with Crippen molar-refractivity contribution in [2.75, 3.05) is 0 Å². The fourth-order valence-corrected chi connectivity index (χ4v) is 6.36. The lowest BCUT2D eigenvalue weighted by Crippen LogP contribution is -2.16. The van der Waals surface area contributed by atoms with Gasteiger partial charge < -0.3 is 11.3 Å². The molecule has 0 spiro atoms. The Labute approximate surface area is 247 Å². The first-order chi connectivity index (χ1) is 18.7. The normalized spacial score (nSPS) is 12.8. The second kappa shape index (κ2) is 33.6. The summed E-state index contributed by atoms with van der Waals surface area (Å²) in [5.41, 5.74) is 0. The van der Waals surface area contributed by atoms with Crippen molar-refractivity contribution in [2.24, 2.45) is 11.8 Å². The molecule has 0 radical (unpaired) electrons. The lowest BCUT2D eigenvalue weighted by Gasteiger charge is -2.28. The van der Waals surface area contributed by atoms with Crippen molar-refractivity contribution in [3.63, 3.8) is 0 Å². The molecular formula is C36H75NO2. The third kappa shape index (κ3) is 30.2. The van der Waals surface area contributed by atoms with Crippen LogP contribution in [0.25, 0.3) is 0 Å². The van der Waals surface area contributed by atoms with Crippen LogP contribution in [0.15, 0.2) is 0 Å². The van der Waals surface area contributed by atoms with Gasteiger partial charge in [0.1, 0.15) is 0 Å². The summed E-state index contributed by atoms with van der Waals surface area (Å²) in [6.45, 7) is 6.95. The van der Waals surface area contributed by atoms with Gasteiger partial charge in [0, 0.05) is 6.42 Å². The SMILES string of the molecule is CCCCCCCCCC(CCCCCCCC)C(CCCCCCCC)CCCCCCCCC(=O)O.N. The van der Waals surface area contributed by atoms with Crippen LogP contribution in [0, 0.1) is 11.8 Å². The molecule has 2 atom stereocenters. The molecule has 0 amide bonds. The van der Waals surface area contributed by atoms with Crippen LogP contribution in [-0.2, 0) is 4.79 Å². The number of carboxylic acid groups (broad SMARTS) is 1. The maximum absolute atomic E-state index is 10.7. The monoisotopic (exact) mass is 554 g/mol. The average molecular weight is 554 g/mol. The molecule has 2 unspecified atom stereocenters. The number of unbranched alkanes of at least 4 members (excludes halogenated alkanes) is 21. The molecule has 0 bridgehead atoms. The Balaban J connectivity index is 0. The fraction of sp³-hybridized carbons (Fsp3) is 0.972. The summed E-state index contributed by atoms with van der Waals surface area (Å²) in [4.78, 5) is 10.7. The van der Waals surface area contributed by atoms with Gasteiger partial charge >= 0.3 is 5.97 Å². The number of hydrogen-bond donors (Lipinski definition) is 2. The molecule has 0 aromatic rings. The van der Waals surface area contributed by atoms with Crippen LogP contribution < -0.4 is 6.15 Å². The van der Waals surface area contributed by atoms with Gasteiger partial charge in [-0.3, -0.25) is 4.79 Å². The lowest BCUT2D eigenvalue weighted by molar-refractivity contribution is -0.137. The van der Waals surface area contributed by atoms with Gasteiger partial charge in [-0.1, -0.05) is 201 Å². The first-order valence-corrected chi connectivity index (χ1v) is 17.9. The van der Waals surface area contributed by atoms with Crippen LogP contribution in [0.1, 0.15) is 213 Å². The standard InChI is InChI=1S/C36H72O2.H3N/c1-4-7-10-13-16-21-26-31-34(29-24-19-14-11-8-5-2)35(30-25-20-15-12-9-6-3)32-27-22-17-18-23-28-33-36(37)38;/h34-35H,4-33H2,1-3H3,(H,37,38);1H3. The van der Waals surface area contributed by atoms with E-state index in [4.69, 9.17) is 5.11 Å². The summed E-state index contributed by atoms with van der Waals surface area (Å²) in [6.07, 6.45) is 40.5. The average Bonchev–Trinajstić information content (AvgIpc) is 2.91. The third-order valence-electron chi connectivity index (χ3n) is 8.92. The Bertz CT molecular complexity index is 467. The molecular weight excluding hydrogens is 478 g/mol. The predicted molar refractivity (Wildman–Crippen MR) is 175 cm³/mol. The highest BCUT2D eigenvalue weighted by Gasteiger charge is 2.20. The number of aliphatic carboxylic acids is 1. The Morgan fingerprint density at radius 1 is 0.410 bits per heavy atom. The minimum absolute atomic E-state index is 0. The van der Waals surface area contributed by atoms with Crippen molar-refractivity contribution in [3.8, 4) is 0 Å². The molecule has 0 aromatic carbocycles. The molecule has 4 N–H and O–H groups in total. The Morgan fingerprint density at radius 2 is 0.641 bits per heavy atom. The summed E-state index contributed by atoms with van der Waals surface area (Å²) in [6, 6.07) is 0. The minimum atomic E-state index is -0.639. The topological polar surface area (TPSA) is 72.3 Å². The quantitative estimate of drug-likeness (QED) is 0.0813. The second-order valence-corrected chi connectivity index (χ2v) is 12.6. The molecule has 0 aliphatic carbocycles. The van der Waals surface area contributed by atoms with E-state index in [-0.39, 0.29) is 6.15 Å². The Hall–Kier alpha value is -0.570. The van der Waals surface area contributed by atoms with Gasteiger partial charge in [0.2, 0.25) is 0 Å². The van der Waals surface area contributed by atoms with Crippen LogP contribution in [0.4, 0.5) is 0 Å². The van der Waals surface area contributed by atoms with Crippen molar-refractivity contribution in [3.05, 3.63) is 0 Å². The van der Waals surface area contributed by atoms with E-state index in [1.807, 2.05) is 0 Å². The molecule has 0 aliphatic heterocycles. The first kappa shape index (κ1) is 40.6. The molecule has 0 rings (SSSR count). The van der Waals surface area contributed by atoms with E-state index in [0.717, 1.165) is 24.7 Å². The van der Waals surface area contributed by atoms with Crippen molar-refractivity contribution >= 4 is 5.97 Å². The number of carboxylic acids is 1. The molecule has 39 heavy (non-hydrogen) atoms. The van der Waals surface area contributed by atoms with Crippen LogP contribution in [0.3, 0.4) is 0 Å². The molecule has 236 valence electrons. The molecule has 0 aromatic heterocycles. The fourth-order valence-electron chi connectivity index (χ4n) is 6.36. The van der Waals surface area contributed by atoms with Crippen molar-refractivity contribution in [1.29, 1.82) is 0 Å². The lowest BCUT2D eigenvalue weighted by atomic mass is 9.78. The van der Waals surface area contributed by atoms with Crippen LogP contribution in [0.2, 0.25) is 0 Å². The highest BCUT2D eigenvalue weighted by Crippen LogP contribution is 2.33. The van der Waals surface area contributed by atoms with Crippen molar-refractivity contribution in [1.82, 2.24) is 6.15 Å². The molecule has 0 fully saturated rings. The van der Waals surface area contributed by atoms with E-state index >= 15 is 0 Å². The second-order valence-electron chi connectivity index (χ2n) is 12.6. The van der Waals surface area contributed by atoms with Crippen LogP contribution in [-0.4, -0.2) is 11.1 Å². The van der Waals surface area contributed by atoms with E-state index in [1.165, 1.54) is 173 Å². The largest absolute Gasteiger partial charge is 0.481 e. The van der Waals surface area contributed by atoms with Gasteiger partial charge in [-0.2, -0.15) is 0 Å². The predicted octanol–water partition coefficient (Wildman–Crippen LogP) is 13.2. The van der Waals surface area contributed by atoms with Gasteiger partial charge in [-0.15, -0.1) is 0 Å². The van der Waals surface area contributed by atoms with Gasteiger partial charge in [-0.25, -0.2) is 0 Å². The summed E-state index contributed by atoms with van der Waals surface area (Å²) in [7, 11) is 0. The van der Waals surface area contributed by atoms with Gasteiger partial charge in [-0.05, 0) is 18.3 Å². The molecule has 0 heterocycles. The van der Waals surface area contributed by atoms with Crippen LogP contribution in [0.5, 0.6) is 0 Å². The number of carbonyl (C=O) groups is 1. The summed E-state index contributed by atoms with van der Waals surface area (Å²) < 4.78 is 0. The molecule has 3 nitrogen and oxygen atoms in total. The molecule has 0 saturated carbocycles. The summed E-state index contributed by atoms with van der Waals surface area (Å²) in [5.74, 6) is 1.27. The van der Waals surface area contributed by atoms with E-state index in [0.29, 0.717) is 6.42 Å². The Kier molecular flexibility index (Phi) is 35.0. The van der Waals surface area contributed by atoms with Crippen LogP contribution >= 0.6 is 0 Å². The molecule has 3 heteroatoms. The third-order valence-corrected chi connectivity index (χ3v) is 8.92. The van der Waals surface area contributed by atoms with Gasteiger partial charge in [0.25, 0.3) is 0 Å². The van der Waals surface area contributed by atoms with E-state index < -0.39 is 5.97 Å². The van der Waals surface area contributed by atoms with E-state index in [2.05, 4.69) is 20.8 Å². The van der Waals surface area contributed by atoms with E-state index in [1.54, 1.807) is 0 Å². The maximum atomic E-state index is 10.7. The summed E-state index contributed by atoms with van der Waals surface area (Å²) >= 11 is 0. The maximum Gasteiger partial charge on any atom is 0.303 e. The number of rotatable bonds is 32. The zero-order valence-corrected chi connectivity index (χ0v) is 27.4. The van der Waals surface area contributed by atoms with Gasteiger partial charge in [0.05, 0.1) is 0 Å². The first-order valence-electron chi connectivity index (χ1n) is 17.9. The summed E-state index contributed by atoms with van der Waals surface area (Å²) in [5, 5.41) is 8.84. The molecule has 0 saturated heterocycles. The highest BCUT2D eigenvalue weighted by molar-refractivity contribution is 5.66. The molecule has 0 aliphatic rings. The minimum Gasteiger partial charge on any atom is -0.481 e. The smallest absolute Gasteiger partial charge is 0.303 e.